The van der Waals surface area contributed by atoms with E-state index in [1.807, 2.05) is 6.92 Å². The molecule has 190 valence electrons. The molecular weight excluding hydrogens is 445 g/mol. The molecule has 0 saturated carbocycles. The molecule has 10 heteroatoms. The molecule has 0 aromatic carbocycles. The Bertz CT molecular complexity index is 668. The highest BCUT2D eigenvalue weighted by Gasteiger charge is 2.27. The first-order valence-electron chi connectivity index (χ1n) is 11.9. The standard InChI is InChI=1S/C23H42N3O6P/c1-6-24-18-31-33(26(19(2)3)20(4)5)30-17-13-11-9-7-8-10-12-14-23(29)32-25-21(27)15-16-22(25)28/h15-16,18-20,27-28H,6-14,17H2,1-5H3. The molecule has 1 rings (SSSR count). The topological polar surface area (TPSA) is 106 Å². The quantitative estimate of drug-likeness (QED) is 0.124. The lowest BCUT2D eigenvalue weighted by Crippen LogP contribution is -2.33. The van der Waals surface area contributed by atoms with Crippen molar-refractivity contribution in [2.24, 2.45) is 4.99 Å². The first-order chi connectivity index (χ1) is 15.8. The number of unbranched alkanes of at least 4 members (excludes halogenated alkanes) is 6. The molecule has 1 unspecified atom stereocenters. The molecular formula is C23H42N3O6P. The van der Waals surface area contributed by atoms with E-state index in [9.17, 15) is 15.0 Å². The van der Waals surface area contributed by atoms with Crippen LogP contribution in [0, 0.1) is 0 Å². The third-order valence-corrected chi connectivity index (χ3v) is 6.84. The average Bonchev–Trinajstić information content (AvgIpc) is 3.06. The van der Waals surface area contributed by atoms with E-state index in [2.05, 4.69) is 37.4 Å². The fourth-order valence-electron chi connectivity index (χ4n) is 3.31. The number of rotatable bonds is 18. The number of aromatic nitrogens is 1. The van der Waals surface area contributed by atoms with Crippen LogP contribution in [0.1, 0.15) is 86.0 Å². The van der Waals surface area contributed by atoms with Crippen LogP contribution in [0.3, 0.4) is 0 Å². The van der Waals surface area contributed by atoms with Gasteiger partial charge in [-0.3, -0.25) is 4.99 Å². The van der Waals surface area contributed by atoms with Crippen molar-refractivity contribution in [1.29, 1.82) is 0 Å². The number of aliphatic imine (C=N–C) groups is 1. The Morgan fingerprint density at radius 3 is 2.12 bits per heavy atom. The van der Waals surface area contributed by atoms with Crippen LogP contribution in [0.25, 0.3) is 0 Å². The summed E-state index contributed by atoms with van der Waals surface area (Å²) in [5.41, 5.74) is 0. The van der Waals surface area contributed by atoms with Crippen molar-refractivity contribution in [3.63, 3.8) is 0 Å². The average molecular weight is 488 g/mol. The van der Waals surface area contributed by atoms with Gasteiger partial charge < -0.3 is 24.1 Å². The van der Waals surface area contributed by atoms with Gasteiger partial charge in [0.1, 0.15) is 0 Å². The number of hydrogen-bond donors (Lipinski definition) is 2. The van der Waals surface area contributed by atoms with E-state index in [1.54, 1.807) is 0 Å². The Hall–Kier alpha value is -1.83. The molecule has 1 atom stereocenters. The van der Waals surface area contributed by atoms with Crippen molar-refractivity contribution in [1.82, 2.24) is 9.40 Å². The highest BCUT2D eigenvalue weighted by Crippen LogP contribution is 2.45. The molecule has 1 aromatic rings. The van der Waals surface area contributed by atoms with Gasteiger partial charge in [0.05, 0.1) is 6.61 Å². The minimum Gasteiger partial charge on any atom is -0.492 e. The Labute approximate surface area is 199 Å². The Balaban J connectivity index is 2.15. The SMILES string of the molecule is CCN=COP(OCCCCCCCCCC(=O)On1c(O)ccc1O)N(C(C)C)C(C)C. The second-order valence-electron chi connectivity index (χ2n) is 8.38. The van der Waals surface area contributed by atoms with Crippen LogP contribution in [-0.2, 0) is 13.8 Å². The largest absolute Gasteiger partial charge is 0.492 e. The minimum atomic E-state index is -1.17. The number of hydrogen-bond acceptors (Lipinski definition) is 8. The molecule has 0 bridgehead atoms. The molecule has 0 radical (unpaired) electrons. The zero-order valence-corrected chi connectivity index (χ0v) is 21.7. The van der Waals surface area contributed by atoms with Gasteiger partial charge >= 0.3 is 14.5 Å². The highest BCUT2D eigenvalue weighted by molar-refractivity contribution is 7.45. The Morgan fingerprint density at radius 1 is 1.03 bits per heavy atom. The molecule has 9 nitrogen and oxygen atoms in total. The summed E-state index contributed by atoms with van der Waals surface area (Å²) in [6, 6.07) is 3.16. The third kappa shape index (κ3) is 11.7. The maximum atomic E-state index is 11.8. The Kier molecular flexibility index (Phi) is 14.8. The summed E-state index contributed by atoms with van der Waals surface area (Å²) in [5.74, 6) is -1.09. The van der Waals surface area contributed by atoms with Crippen molar-refractivity contribution in [3.05, 3.63) is 12.1 Å². The molecule has 0 aliphatic rings. The van der Waals surface area contributed by atoms with Crippen LogP contribution >= 0.6 is 8.53 Å². The fourth-order valence-corrected chi connectivity index (χ4v) is 4.80. The second kappa shape index (κ2) is 16.7. The summed E-state index contributed by atoms with van der Waals surface area (Å²) in [4.78, 5) is 20.9. The van der Waals surface area contributed by atoms with Gasteiger partial charge in [-0.2, -0.15) is 0 Å². The van der Waals surface area contributed by atoms with Crippen LogP contribution in [0.15, 0.2) is 17.1 Å². The van der Waals surface area contributed by atoms with Gasteiger partial charge in [-0.1, -0.05) is 32.1 Å². The van der Waals surface area contributed by atoms with E-state index < -0.39 is 14.5 Å². The van der Waals surface area contributed by atoms with Crippen LogP contribution in [0.4, 0.5) is 0 Å². The van der Waals surface area contributed by atoms with E-state index in [4.69, 9.17) is 13.9 Å². The summed E-state index contributed by atoms with van der Waals surface area (Å²) in [6.07, 6.45) is 8.75. The number of aromatic hydroxyl groups is 2. The van der Waals surface area contributed by atoms with E-state index in [0.29, 0.717) is 31.7 Å². The van der Waals surface area contributed by atoms with E-state index in [0.717, 1.165) is 43.3 Å². The van der Waals surface area contributed by atoms with Crippen LogP contribution < -0.4 is 4.84 Å². The third-order valence-electron chi connectivity index (χ3n) is 4.86. The second-order valence-corrected chi connectivity index (χ2v) is 9.79. The molecule has 0 aliphatic carbocycles. The van der Waals surface area contributed by atoms with Crippen LogP contribution in [0.5, 0.6) is 11.8 Å². The smallest absolute Gasteiger partial charge is 0.333 e. The molecule has 2 N–H and O–H groups in total. The molecule has 0 aliphatic heterocycles. The van der Waals surface area contributed by atoms with Gasteiger partial charge in [0.15, 0.2) is 6.40 Å². The van der Waals surface area contributed by atoms with E-state index >= 15 is 0 Å². The molecule has 0 fully saturated rings. The molecule has 1 heterocycles. The van der Waals surface area contributed by atoms with Gasteiger partial charge in [-0.25, -0.2) is 9.46 Å². The molecule has 0 saturated heterocycles. The predicted molar refractivity (Wildman–Crippen MR) is 131 cm³/mol. The lowest BCUT2D eigenvalue weighted by molar-refractivity contribution is -0.145. The van der Waals surface area contributed by atoms with Crippen molar-refractivity contribution >= 4 is 20.9 Å². The summed E-state index contributed by atoms with van der Waals surface area (Å²) in [5, 5.41) is 18.9. The van der Waals surface area contributed by atoms with Gasteiger partial charge in [-0.15, -0.1) is 4.73 Å². The van der Waals surface area contributed by atoms with E-state index in [-0.39, 0.29) is 18.2 Å². The van der Waals surface area contributed by atoms with Crippen molar-refractivity contribution in [2.45, 2.75) is 98.1 Å². The lowest BCUT2D eigenvalue weighted by atomic mass is 10.1. The molecule has 0 spiro atoms. The van der Waals surface area contributed by atoms with Crippen molar-refractivity contribution in [3.8, 4) is 11.8 Å². The normalized spacial score (nSPS) is 12.8. The van der Waals surface area contributed by atoms with Crippen LogP contribution in [0.2, 0.25) is 0 Å². The molecule has 33 heavy (non-hydrogen) atoms. The number of nitrogens with zero attached hydrogens (tertiary/aromatic N) is 3. The molecule has 1 aromatic heterocycles. The maximum absolute atomic E-state index is 11.8. The van der Waals surface area contributed by atoms with Gasteiger partial charge in [0.25, 0.3) is 0 Å². The van der Waals surface area contributed by atoms with Crippen molar-refractivity contribution < 1.29 is 28.9 Å². The Morgan fingerprint density at radius 2 is 1.58 bits per heavy atom. The first kappa shape index (κ1) is 29.2. The summed E-state index contributed by atoms with van der Waals surface area (Å²) < 4.78 is 14.9. The number of carbonyl (C=O) groups is 1. The highest BCUT2D eigenvalue weighted by atomic mass is 31.2. The van der Waals surface area contributed by atoms with Gasteiger partial charge in [0.2, 0.25) is 11.8 Å². The first-order valence-corrected chi connectivity index (χ1v) is 13.1. The fraction of sp³-hybridized carbons (Fsp3) is 0.739. The van der Waals surface area contributed by atoms with Crippen LogP contribution in [-0.4, -0.2) is 57.2 Å². The summed E-state index contributed by atoms with van der Waals surface area (Å²) in [6.45, 7) is 11.9. The van der Waals surface area contributed by atoms with E-state index in [1.165, 1.54) is 18.5 Å². The minimum absolute atomic E-state index is 0.248. The zero-order valence-electron chi connectivity index (χ0n) is 20.8. The lowest BCUT2D eigenvalue weighted by Gasteiger charge is -2.34. The maximum Gasteiger partial charge on any atom is 0.333 e. The zero-order chi connectivity index (χ0) is 24.6. The summed E-state index contributed by atoms with van der Waals surface area (Å²) >= 11 is 0. The van der Waals surface area contributed by atoms with Gasteiger partial charge in [0, 0.05) is 37.2 Å². The van der Waals surface area contributed by atoms with Crippen molar-refractivity contribution in [2.75, 3.05) is 13.2 Å². The monoisotopic (exact) mass is 487 g/mol. The predicted octanol–water partition coefficient (Wildman–Crippen LogP) is 5.40. The number of carbonyl (C=O) groups excluding carboxylic acids is 1. The summed E-state index contributed by atoms with van der Waals surface area (Å²) in [7, 11) is -1.17. The van der Waals surface area contributed by atoms with Gasteiger partial charge in [-0.05, 0) is 47.5 Å². The molecule has 0 amide bonds.